The highest BCUT2D eigenvalue weighted by Crippen LogP contribution is 2.18. The topological polar surface area (TPSA) is 12.9 Å². The number of hydrogen-bond donors (Lipinski definition) is 0. The molecule has 1 nitrogen and oxygen atoms in total. The van der Waals surface area contributed by atoms with Gasteiger partial charge in [0.2, 0.25) is 0 Å². The second-order valence-electron chi connectivity index (χ2n) is 2.05. The van der Waals surface area contributed by atoms with Gasteiger partial charge in [-0.05, 0) is 19.1 Å². The Kier molecular flexibility index (Phi) is 3.52. The summed E-state index contributed by atoms with van der Waals surface area (Å²) in [6, 6.07) is 5.83. The molecule has 0 saturated carbocycles. The Morgan fingerprint density at radius 1 is 1.64 bits per heavy atom. The lowest BCUT2D eigenvalue weighted by Crippen LogP contribution is -1.94. The third-order valence-corrected chi connectivity index (χ3v) is 2.56. The molecule has 0 bridgehead atoms. The summed E-state index contributed by atoms with van der Waals surface area (Å²) in [7, 11) is 0. The summed E-state index contributed by atoms with van der Waals surface area (Å²) in [4.78, 5) is 4.14. The molecule has 1 aromatic heterocycles. The molecule has 0 fully saturated rings. The average molecular weight is 182 g/mol. The third-order valence-electron chi connectivity index (χ3n) is 1.10. The van der Waals surface area contributed by atoms with Crippen LogP contribution in [0, 0.1) is 0 Å². The molecular formula is C8H8NS2. The highest BCUT2D eigenvalue weighted by molar-refractivity contribution is 8.01. The van der Waals surface area contributed by atoms with Gasteiger partial charge >= 0.3 is 0 Å². The van der Waals surface area contributed by atoms with Gasteiger partial charge in [0.05, 0.1) is 5.03 Å². The first kappa shape index (κ1) is 8.68. The molecular weight excluding hydrogens is 174 g/mol. The van der Waals surface area contributed by atoms with Gasteiger partial charge in [0.15, 0.2) is 0 Å². The van der Waals surface area contributed by atoms with E-state index < -0.39 is 0 Å². The molecule has 0 aliphatic carbocycles. The molecule has 0 aliphatic rings. The van der Waals surface area contributed by atoms with E-state index in [9.17, 15) is 0 Å². The Bertz CT molecular complexity index is 223. The van der Waals surface area contributed by atoms with Crippen molar-refractivity contribution in [2.24, 2.45) is 0 Å². The van der Waals surface area contributed by atoms with Crippen molar-refractivity contribution in [3.63, 3.8) is 0 Å². The number of thioether (sulfide) groups is 1. The molecule has 0 amide bonds. The van der Waals surface area contributed by atoms with Crippen LogP contribution in [0.4, 0.5) is 0 Å². The van der Waals surface area contributed by atoms with Crippen LogP contribution in [0.25, 0.3) is 0 Å². The maximum Gasteiger partial charge on any atom is 0.0965 e. The van der Waals surface area contributed by atoms with E-state index in [2.05, 4.69) is 22.6 Å². The number of nitrogens with zero attached hydrogens (tertiary/aromatic N) is 1. The van der Waals surface area contributed by atoms with Crippen LogP contribution in [0.15, 0.2) is 29.4 Å². The van der Waals surface area contributed by atoms with Crippen LogP contribution in [0.2, 0.25) is 0 Å². The molecule has 11 heavy (non-hydrogen) atoms. The molecule has 1 rings (SSSR count). The Labute approximate surface area is 76.2 Å². The van der Waals surface area contributed by atoms with Gasteiger partial charge in [-0.2, -0.15) is 0 Å². The molecule has 0 aromatic carbocycles. The highest BCUT2D eigenvalue weighted by atomic mass is 32.2. The van der Waals surface area contributed by atoms with Crippen molar-refractivity contribution in [1.82, 2.24) is 4.98 Å². The van der Waals surface area contributed by atoms with Gasteiger partial charge in [-0.25, -0.2) is 4.98 Å². The Morgan fingerprint density at radius 2 is 2.45 bits per heavy atom. The summed E-state index contributed by atoms with van der Waals surface area (Å²) in [5, 5.41) is 3.95. The molecule has 3 heteroatoms. The van der Waals surface area contributed by atoms with Crippen molar-refractivity contribution in [3.8, 4) is 0 Å². The second-order valence-corrected chi connectivity index (χ2v) is 3.64. The van der Waals surface area contributed by atoms with Crippen molar-refractivity contribution in [2.75, 3.05) is 0 Å². The van der Waals surface area contributed by atoms with Gasteiger partial charge in [0.1, 0.15) is 0 Å². The fourth-order valence-electron chi connectivity index (χ4n) is 0.622. The Morgan fingerprint density at radius 3 is 3.00 bits per heavy atom. The summed E-state index contributed by atoms with van der Waals surface area (Å²) in [6.07, 6.45) is 1.78. The van der Waals surface area contributed by atoms with Gasteiger partial charge in [-0.3, -0.25) is 0 Å². The quantitative estimate of drug-likeness (QED) is 0.526. The van der Waals surface area contributed by atoms with E-state index in [-0.39, 0.29) is 5.25 Å². The molecule has 1 atom stereocenters. The van der Waals surface area contributed by atoms with Crippen LogP contribution in [0.5, 0.6) is 0 Å². The Balaban J connectivity index is 2.57. The SMILES string of the molecule is CC([C]=S)Sc1ccccn1. The molecule has 0 spiro atoms. The van der Waals surface area contributed by atoms with E-state index in [1.807, 2.05) is 25.1 Å². The molecule has 0 saturated heterocycles. The largest absolute Gasteiger partial charge is 0.250 e. The monoisotopic (exact) mass is 182 g/mol. The van der Waals surface area contributed by atoms with Crippen molar-refractivity contribution in [3.05, 3.63) is 24.4 Å². The van der Waals surface area contributed by atoms with Gasteiger partial charge in [0, 0.05) is 16.8 Å². The molecule has 1 unspecified atom stereocenters. The van der Waals surface area contributed by atoms with Crippen LogP contribution in [-0.4, -0.2) is 15.6 Å². The Hall–Kier alpha value is -0.410. The van der Waals surface area contributed by atoms with E-state index in [0.29, 0.717) is 0 Å². The van der Waals surface area contributed by atoms with Gasteiger partial charge in [0.25, 0.3) is 0 Å². The average Bonchev–Trinajstić information content (AvgIpc) is 2.06. The molecule has 57 valence electrons. The molecule has 0 aliphatic heterocycles. The molecule has 1 radical (unpaired) electrons. The van der Waals surface area contributed by atoms with E-state index in [4.69, 9.17) is 0 Å². The number of pyridine rings is 1. The zero-order chi connectivity index (χ0) is 8.10. The van der Waals surface area contributed by atoms with Gasteiger partial charge < -0.3 is 0 Å². The summed E-state index contributed by atoms with van der Waals surface area (Å²) >= 11 is 6.29. The number of aromatic nitrogens is 1. The van der Waals surface area contributed by atoms with Crippen molar-refractivity contribution in [2.45, 2.75) is 17.2 Å². The lowest BCUT2D eigenvalue weighted by molar-refractivity contribution is 1.13. The van der Waals surface area contributed by atoms with Crippen molar-refractivity contribution >= 4 is 29.3 Å². The fraction of sp³-hybridized carbons (Fsp3) is 0.250. The van der Waals surface area contributed by atoms with E-state index in [1.165, 1.54) is 0 Å². The van der Waals surface area contributed by atoms with Gasteiger partial charge in [-0.15, -0.1) is 0 Å². The number of hydrogen-bond acceptors (Lipinski definition) is 3. The number of thiocarbonyl (C=S) groups is 1. The number of rotatable bonds is 3. The lowest BCUT2D eigenvalue weighted by Gasteiger charge is -2.01. The maximum absolute atomic E-state index is 4.68. The van der Waals surface area contributed by atoms with E-state index in [1.54, 1.807) is 18.0 Å². The smallest absolute Gasteiger partial charge is 0.0965 e. The van der Waals surface area contributed by atoms with Gasteiger partial charge in [-0.1, -0.05) is 30.0 Å². The second kappa shape index (κ2) is 4.46. The zero-order valence-corrected chi connectivity index (χ0v) is 7.78. The first-order chi connectivity index (χ1) is 5.33. The zero-order valence-electron chi connectivity index (χ0n) is 6.15. The van der Waals surface area contributed by atoms with Crippen LogP contribution in [-0.2, 0) is 0 Å². The van der Waals surface area contributed by atoms with Crippen LogP contribution in [0.1, 0.15) is 6.92 Å². The predicted octanol–water partition coefficient (Wildman–Crippen LogP) is 2.44. The first-order valence-electron chi connectivity index (χ1n) is 3.28. The van der Waals surface area contributed by atoms with Crippen molar-refractivity contribution in [1.29, 1.82) is 0 Å². The standard InChI is InChI=1S/C8H8NS2/c1-7(6-10)11-8-4-2-3-5-9-8/h2-5,7H,1H3. The van der Waals surface area contributed by atoms with E-state index in [0.717, 1.165) is 5.03 Å². The molecule has 1 aromatic rings. The minimum Gasteiger partial charge on any atom is -0.250 e. The minimum atomic E-state index is 0.236. The van der Waals surface area contributed by atoms with E-state index >= 15 is 0 Å². The summed E-state index contributed by atoms with van der Waals surface area (Å²) in [5.41, 5.74) is 0. The predicted molar refractivity (Wildman–Crippen MR) is 52.2 cm³/mol. The highest BCUT2D eigenvalue weighted by Gasteiger charge is 1.99. The normalized spacial score (nSPS) is 12.5. The van der Waals surface area contributed by atoms with Crippen LogP contribution >= 0.6 is 24.0 Å². The summed E-state index contributed by atoms with van der Waals surface area (Å²) in [6.45, 7) is 2.01. The minimum absolute atomic E-state index is 0.236. The molecule has 1 heterocycles. The fourth-order valence-corrected chi connectivity index (χ4v) is 1.46. The summed E-state index contributed by atoms with van der Waals surface area (Å²) in [5.74, 6) is 0. The third kappa shape index (κ3) is 2.99. The lowest BCUT2D eigenvalue weighted by atomic mass is 10.5. The van der Waals surface area contributed by atoms with Crippen molar-refractivity contribution < 1.29 is 0 Å². The first-order valence-corrected chi connectivity index (χ1v) is 4.57. The maximum atomic E-state index is 4.68. The van der Waals surface area contributed by atoms with Crippen LogP contribution in [0.3, 0.4) is 0 Å². The summed E-state index contributed by atoms with van der Waals surface area (Å²) < 4.78 is 0. The molecule has 0 N–H and O–H groups in total. The van der Waals surface area contributed by atoms with Crippen LogP contribution < -0.4 is 0 Å².